The Morgan fingerprint density at radius 1 is 1.17 bits per heavy atom. The zero-order valence-electron chi connectivity index (χ0n) is 18.3. The third kappa shape index (κ3) is 3.46. The summed E-state index contributed by atoms with van der Waals surface area (Å²) in [7, 11) is 1.54. The lowest BCUT2D eigenvalue weighted by molar-refractivity contribution is -0.143. The molecule has 0 N–H and O–H groups in total. The average molecular weight is 416 g/mol. The Kier molecular flexibility index (Phi) is 5.95. The average Bonchev–Trinajstić information content (AvgIpc) is 3.31. The van der Waals surface area contributed by atoms with Crippen LogP contribution in [0.5, 0.6) is 0 Å². The summed E-state index contributed by atoms with van der Waals surface area (Å²) in [5, 5.41) is 4.65. The molecule has 0 amide bonds. The lowest BCUT2D eigenvalue weighted by Gasteiger charge is -2.14. The molecular weight excluding hydrogens is 388 g/mol. The van der Waals surface area contributed by atoms with Crippen LogP contribution in [0.3, 0.4) is 0 Å². The summed E-state index contributed by atoms with van der Waals surface area (Å²) in [6.45, 7) is 9.30. The topological polar surface area (TPSA) is 106 Å². The number of aryl methyl sites for hydroxylation is 3. The van der Waals surface area contributed by atoms with Gasteiger partial charge in [0.2, 0.25) is 5.95 Å². The molecule has 3 aromatic rings. The smallest absolute Gasteiger partial charge is 0.333 e. The second kappa shape index (κ2) is 8.29. The minimum Gasteiger partial charge on any atom is -0.465 e. The third-order valence-electron chi connectivity index (χ3n) is 5.01. The molecule has 0 aliphatic carbocycles. The molecule has 3 rings (SSSR count). The predicted octanol–water partition coefficient (Wildman–Crippen LogP) is 1.35. The molecule has 30 heavy (non-hydrogen) atoms. The number of aromatic nitrogens is 6. The first-order chi connectivity index (χ1) is 14.2. The van der Waals surface area contributed by atoms with Crippen LogP contribution in [0.4, 0.5) is 0 Å². The van der Waals surface area contributed by atoms with Crippen LogP contribution in [0.1, 0.15) is 52.0 Å². The van der Waals surface area contributed by atoms with E-state index < -0.39 is 23.8 Å². The highest BCUT2D eigenvalue weighted by Gasteiger charge is 2.25. The molecule has 10 heteroatoms. The highest BCUT2D eigenvalue weighted by molar-refractivity contribution is 5.74. The summed E-state index contributed by atoms with van der Waals surface area (Å²) in [5.41, 5.74) is 1.19. The van der Waals surface area contributed by atoms with Crippen molar-refractivity contribution in [2.45, 2.75) is 60.0 Å². The number of hydrogen-bond acceptors (Lipinski definition) is 6. The molecule has 3 heterocycles. The highest BCUT2D eigenvalue weighted by Crippen LogP contribution is 2.22. The van der Waals surface area contributed by atoms with Gasteiger partial charge in [-0.05, 0) is 39.7 Å². The summed E-state index contributed by atoms with van der Waals surface area (Å²) in [5.74, 6) is -0.169. The molecule has 0 aliphatic heterocycles. The summed E-state index contributed by atoms with van der Waals surface area (Å²) >= 11 is 0. The molecular formula is C20H28N6O4. The van der Waals surface area contributed by atoms with E-state index in [9.17, 15) is 14.4 Å². The van der Waals surface area contributed by atoms with E-state index in [1.807, 2.05) is 33.8 Å². The number of carbonyl (C=O) groups is 1. The predicted molar refractivity (Wildman–Crippen MR) is 112 cm³/mol. The van der Waals surface area contributed by atoms with Crippen molar-refractivity contribution in [3.05, 3.63) is 38.3 Å². The van der Waals surface area contributed by atoms with Gasteiger partial charge in [-0.2, -0.15) is 10.1 Å². The van der Waals surface area contributed by atoms with E-state index in [2.05, 4.69) is 10.1 Å². The van der Waals surface area contributed by atoms with Gasteiger partial charge in [-0.15, -0.1) is 0 Å². The van der Waals surface area contributed by atoms with Crippen molar-refractivity contribution >= 4 is 17.1 Å². The number of imidazole rings is 1. The van der Waals surface area contributed by atoms with E-state index in [1.54, 1.807) is 16.2 Å². The SMILES string of the molecule is CCOC(=O)Cn1c(=O)c2c(nc(-n3nc(CC)cc3CC)n2C(C)C)n(C)c1=O. The molecule has 0 radical (unpaired) electrons. The van der Waals surface area contributed by atoms with Gasteiger partial charge in [0.05, 0.1) is 12.3 Å². The summed E-state index contributed by atoms with van der Waals surface area (Å²) in [6, 6.07) is 1.88. The van der Waals surface area contributed by atoms with Crippen molar-refractivity contribution in [3.63, 3.8) is 0 Å². The monoisotopic (exact) mass is 416 g/mol. The first-order valence-corrected chi connectivity index (χ1v) is 10.2. The Bertz CT molecular complexity index is 1210. The van der Waals surface area contributed by atoms with Crippen LogP contribution < -0.4 is 11.2 Å². The highest BCUT2D eigenvalue weighted by atomic mass is 16.5. The van der Waals surface area contributed by atoms with Crippen molar-refractivity contribution in [2.75, 3.05) is 6.61 Å². The number of esters is 1. The van der Waals surface area contributed by atoms with E-state index in [1.165, 1.54) is 11.6 Å². The van der Waals surface area contributed by atoms with Gasteiger partial charge in [-0.3, -0.25) is 18.7 Å². The van der Waals surface area contributed by atoms with E-state index in [4.69, 9.17) is 4.74 Å². The van der Waals surface area contributed by atoms with Crippen LogP contribution in [0, 0.1) is 0 Å². The molecule has 0 saturated heterocycles. The van der Waals surface area contributed by atoms with Gasteiger partial charge in [-0.25, -0.2) is 14.0 Å². The number of hydrogen-bond donors (Lipinski definition) is 0. The van der Waals surface area contributed by atoms with Gasteiger partial charge in [-0.1, -0.05) is 13.8 Å². The lowest BCUT2D eigenvalue weighted by Crippen LogP contribution is -2.41. The summed E-state index contributed by atoms with van der Waals surface area (Å²) < 4.78 is 10.6. The van der Waals surface area contributed by atoms with E-state index in [0.29, 0.717) is 5.95 Å². The van der Waals surface area contributed by atoms with Gasteiger partial charge in [0.1, 0.15) is 6.54 Å². The van der Waals surface area contributed by atoms with E-state index in [0.717, 1.165) is 28.8 Å². The van der Waals surface area contributed by atoms with Crippen LogP contribution in [-0.4, -0.2) is 41.0 Å². The molecule has 0 bridgehead atoms. The second-order valence-electron chi connectivity index (χ2n) is 7.33. The molecule has 0 unspecified atom stereocenters. The molecule has 0 spiro atoms. The fourth-order valence-electron chi connectivity index (χ4n) is 3.51. The Morgan fingerprint density at radius 3 is 2.43 bits per heavy atom. The molecule has 162 valence electrons. The van der Waals surface area contributed by atoms with E-state index >= 15 is 0 Å². The quantitative estimate of drug-likeness (QED) is 0.538. The fourth-order valence-corrected chi connectivity index (χ4v) is 3.51. The van der Waals surface area contributed by atoms with Crippen molar-refractivity contribution in [1.29, 1.82) is 0 Å². The maximum atomic E-state index is 13.3. The van der Waals surface area contributed by atoms with Crippen LogP contribution in [0.15, 0.2) is 15.7 Å². The largest absolute Gasteiger partial charge is 0.465 e. The Labute approximate surface area is 173 Å². The Balaban J connectivity index is 2.37. The molecule has 0 atom stereocenters. The van der Waals surface area contributed by atoms with Crippen LogP contribution >= 0.6 is 0 Å². The summed E-state index contributed by atoms with van der Waals surface area (Å²) in [4.78, 5) is 42.7. The number of carbonyl (C=O) groups excluding carboxylic acids is 1. The standard InChI is InChI=1S/C20H28N6O4/c1-7-13-10-14(8-2)26(22-13)19-21-17-16(25(19)12(4)5)18(28)24(20(29)23(17)6)11-15(27)30-9-3/h10,12H,7-9,11H2,1-6H3. The van der Waals surface area contributed by atoms with Crippen LogP contribution in [0.25, 0.3) is 17.1 Å². The summed E-state index contributed by atoms with van der Waals surface area (Å²) in [6.07, 6.45) is 1.51. The van der Waals surface area contributed by atoms with Crippen molar-refractivity contribution in [1.82, 2.24) is 28.5 Å². The maximum absolute atomic E-state index is 13.3. The molecule has 0 aliphatic rings. The second-order valence-corrected chi connectivity index (χ2v) is 7.33. The molecule has 0 saturated carbocycles. The van der Waals surface area contributed by atoms with Crippen molar-refractivity contribution < 1.29 is 9.53 Å². The van der Waals surface area contributed by atoms with Gasteiger partial charge in [0, 0.05) is 18.8 Å². The van der Waals surface area contributed by atoms with Gasteiger partial charge in [0.25, 0.3) is 5.56 Å². The molecule has 0 aromatic carbocycles. The Morgan fingerprint density at radius 2 is 1.87 bits per heavy atom. The molecule has 3 aromatic heterocycles. The van der Waals surface area contributed by atoms with Gasteiger partial charge in [0.15, 0.2) is 11.2 Å². The maximum Gasteiger partial charge on any atom is 0.333 e. The van der Waals surface area contributed by atoms with Crippen molar-refractivity contribution in [2.24, 2.45) is 7.05 Å². The van der Waals surface area contributed by atoms with E-state index in [-0.39, 0.29) is 23.8 Å². The first-order valence-electron chi connectivity index (χ1n) is 10.2. The number of ether oxygens (including phenoxy) is 1. The van der Waals surface area contributed by atoms with Crippen molar-refractivity contribution in [3.8, 4) is 5.95 Å². The molecule has 10 nitrogen and oxygen atoms in total. The number of rotatable bonds is 7. The fraction of sp³-hybridized carbons (Fsp3) is 0.550. The lowest BCUT2D eigenvalue weighted by atomic mass is 10.3. The number of nitrogens with zero attached hydrogens (tertiary/aromatic N) is 6. The Hall–Kier alpha value is -3.17. The van der Waals surface area contributed by atoms with Crippen LogP contribution in [-0.2, 0) is 36.0 Å². The third-order valence-corrected chi connectivity index (χ3v) is 5.01. The molecule has 0 fully saturated rings. The minimum absolute atomic E-state index is 0.134. The van der Waals surface area contributed by atoms with Gasteiger partial charge >= 0.3 is 11.7 Å². The minimum atomic E-state index is -0.639. The normalized spacial score (nSPS) is 11.6. The first kappa shape index (κ1) is 21.5. The zero-order chi connectivity index (χ0) is 22.2. The number of fused-ring (bicyclic) bond motifs is 1. The van der Waals surface area contributed by atoms with Gasteiger partial charge < -0.3 is 4.74 Å². The zero-order valence-corrected chi connectivity index (χ0v) is 18.3. The van der Waals surface area contributed by atoms with Crippen LogP contribution in [0.2, 0.25) is 0 Å².